The van der Waals surface area contributed by atoms with E-state index in [9.17, 15) is 4.39 Å². The molecule has 1 rings (SSSR count). The van der Waals surface area contributed by atoms with Gasteiger partial charge in [-0.25, -0.2) is 4.39 Å². The normalized spacial score (nSPS) is 13.4. The molecule has 0 heterocycles. The van der Waals surface area contributed by atoms with E-state index in [1.54, 1.807) is 19.2 Å². The lowest BCUT2D eigenvalue weighted by atomic mass is 9.92. The van der Waals surface area contributed by atoms with Crippen molar-refractivity contribution < 1.29 is 9.13 Å². The highest BCUT2D eigenvalue weighted by atomic mass is 19.1. The highest BCUT2D eigenvalue weighted by Gasteiger charge is 2.18. The van der Waals surface area contributed by atoms with Crippen LogP contribution in [0.2, 0.25) is 0 Å². The number of hydrogen-bond donors (Lipinski definition) is 1. The predicted molar refractivity (Wildman–Crippen MR) is 82.6 cm³/mol. The van der Waals surface area contributed by atoms with Crippen molar-refractivity contribution >= 4 is 0 Å². The van der Waals surface area contributed by atoms with Gasteiger partial charge in [0.25, 0.3) is 0 Å². The summed E-state index contributed by atoms with van der Waals surface area (Å²) in [6.07, 6.45) is 3.06. The first kappa shape index (κ1) is 17.1. The molecule has 0 bridgehead atoms. The molecule has 20 heavy (non-hydrogen) atoms. The van der Waals surface area contributed by atoms with Gasteiger partial charge in [0.05, 0.1) is 0 Å². The first-order valence-electron chi connectivity index (χ1n) is 7.42. The molecule has 1 N–H and O–H groups in total. The Morgan fingerprint density at radius 1 is 1.20 bits per heavy atom. The molecular weight excluding hydrogens is 253 g/mol. The minimum absolute atomic E-state index is 0.0516. The van der Waals surface area contributed by atoms with Gasteiger partial charge < -0.3 is 10.1 Å². The van der Waals surface area contributed by atoms with Crippen LogP contribution in [0.25, 0.3) is 0 Å². The minimum atomic E-state index is -0.0973. The number of halogens is 1. The lowest BCUT2D eigenvalue weighted by Crippen LogP contribution is -2.38. The standard InChI is InChI=1S/C17H28FNO/c1-17(2,3)19-13-14(9-7-8-12-20-4)15-10-5-6-11-16(15)18/h5-6,10-11,14,19H,7-9,12-13H2,1-4H3. The molecular formula is C17H28FNO. The summed E-state index contributed by atoms with van der Waals surface area (Å²) in [4.78, 5) is 0. The number of rotatable bonds is 8. The van der Waals surface area contributed by atoms with Gasteiger partial charge in [-0.05, 0) is 51.2 Å². The fourth-order valence-electron chi connectivity index (χ4n) is 2.24. The van der Waals surface area contributed by atoms with Crippen LogP contribution >= 0.6 is 0 Å². The minimum Gasteiger partial charge on any atom is -0.385 e. The Hall–Kier alpha value is -0.930. The SMILES string of the molecule is COCCCCC(CNC(C)(C)C)c1ccccc1F. The van der Waals surface area contributed by atoms with Crippen molar-refractivity contribution in [3.05, 3.63) is 35.6 Å². The van der Waals surface area contributed by atoms with Gasteiger partial charge >= 0.3 is 0 Å². The number of methoxy groups -OCH3 is 1. The third-order valence-electron chi connectivity index (χ3n) is 3.37. The van der Waals surface area contributed by atoms with Gasteiger partial charge in [0.15, 0.2) is 0 Å². The molecule has 0 fully saturated rings. The van der Waals surface area contributed by atoms with Crippen molar-refractivity contribution in [2.24, 2.45) is 0 Å². The summed E-state index contributed by atoms with van der Waals surface area (Å²) in [6, 6.07) is 7.12. The van der Waals surface area contributed by atoms with E-state index in [1.807, 2.05) is 12.1 Å². The van der Waals surface area contributed by atoms with Crippen LogP contribution in [0.1, 0.15) is 51.5 Å². The van der Waals surface area contributed by atoms with E-state index in [0.29, 0.717) is 0 Å². The highest BCUT2D eigenvalue weighted by molar-refractivity contribution is 5.22. The Bertz CT molecular complexity index is 387. The van der Waals surface area contributed by atoms with Crippen molar-refractivity contribution in [2.75, 3.05) is 20.3 Å². The van der Waals surface area contributed by atoms with Crippen LogP contribution in [-0.4, -0.2) is 25.8 Å². The molecule has 0 aliphatic rings. The molecule has 1 atom stereocenters. The Morgan fingerprint density at radius 3 is 2.50 bits per heavy atom. The van der Waals surface area contributed by atoms with E-state index in [1.165, 1.54) is 0 Å². The summed E-state index contributed by atoms with van der Waals surface area (Å²) >= 11 is 0. The molecule has 0 spiro atoms. The summed E-state index contributed by atoms with van der Waals surface area (Å²) in [6.45, 7) is 7.98. The number of nitrogens with one attached hydrogen (secondary N) is 1. The second-order valence-corrected chi connectivity index (χ2v) is 6.34. The van der Waals surface area contributed by atoms with Gasteiger partial charge in [-0.15, -0.1) is 0 Å². The fraction of sp³-hybridized carbons (Fsp3) is 0.647. The second kappa shape index (κ2) is 8.38. The molecule has 2 nitrogen and oxygen atoms in total. The average Bonchev–Trinajstić information content (AvgIpc) is 2.38. The van der Waals surface area contributed by atoms with E-state index in [-0.39, 0.29) is 17.3 Å². The van der Waals surface area contributed by atoms with Crippen LogP contribution in [0.15, 0.2) is 24.3 Å². The van der Waals surface area contributed by atoms with E-state index in [0.717, 1.165) is 38.0 Å². The quantitative estimate of drug-likeness (QED) is 0.724. The van der Waals surface area contributed by atoms with E-state index in [4.69, 9.17) is 4.74 Å². The number of ether oxygens (including phenoxy) is 1. The van der Waals surface area contributed by atoms with Crippen molar-refractivity contribution in [3.8, 4) is 0 Å². The summed E-state index contributed by atoms with van der Waals surface area (Å²) in [5.74, 6) is 0.118. The van der Waals surface area contributed by atoms with Crippen LogP contribution in [-0.2, 0) is 4.74 Å². The molecule has 0 saturated heterocycles. The van der Waals surface area contributed by atoms with Gasteiger partial charge in [-0.1, -0.05) is 24.6 Å². The second-order valence-electron chi connectivity index (χ2n) is 6.34. The van der Waals surface area contributed by atoms with Crippen LogP contribution in [0.3, 0.4) is 0 Å². The molecule has 0 aliphatic heterocycles. The number of benzene rings is 1. The topological polar surface area (TPSA) is 21.3 Å². The predicted octanol–water partition coefficient (Wildman–Crippen LogP) is 4.11. The summed E-state index contributed by atoms with van der Waals surface area (Å²) in [5.41, 5.74) is 0.873. The zero-order valence-corrected chi connectivity index (χ0v) is 13.2. The molecule has 114 valence electrons. The van der Waals surface area contributed by atoms with Crippen molar-refractivity contribution in [3.63, 3.8) is 0 Å². The third kappa shape index (κ3) is 6.49. The molecule has 0 saturated carbocycles. The highest BCUT2D eigenvalue weighted by Crippen LogP contribution is 2.24. The summed E-state index contributed by atoms with van der Waals surface area (Å²) < 4.78 is 19.1. The molecule has 0 amide bonds. The van der Waals surface area contributed by atoms with Gasteiger partial charge in [0.1, 0.15) is 5.82 Å². The van der Waals surface area contributed by atoms with E-state index in [2.05, 4.69) is 26.1 Å². The zero-order chi connectivity index (χ0) is 15.0. The van der Waals surface area contributed by atoms with Crippen molar-refractivity contribution in [1.29, 1.82) is 0 Å². The van der Waals surface area contributed by atoms with Crippen molar-refractivity contribution in [2.45, 2.75) is 51.5 Å². The largest absolute Gasteiger partial charge is 0.385 e. The lowest BCUT2D eigenvalue weighted by Gasteiger charge is -2.26. The molecule has 0 aromatic heterocycles. The summed E-state index contributed by atoms with van der Waals surface area (Å²) in [7, 11) is 1.72. The van der Waals surface area contributed by atoms with Gasteiger partial charge in [-0.3, -0.25) is 0 Å². The number of unbranched alkanes of at least 4 members (excludes halogenated alkanes) is 1. The average molecular weight is 281 g/mol. The molecule has 0 radical (unpaired) electrons. The monoisotopic (exact) mass is 281 g/mol. The van der Waals surface area contributed by atoms with E-state index >= 15 is 0 Å². The molecule has 1 aromatic rings. The van der Waals surface area contributed by atoms with Gasteiger partial charge in [0, 0.05) is 25.8 Å². The molecule has 1 aromatic carbocycles. The van der Waals surface area contributed by atoms with Crippen LogP contribution in [0.4, 0.5) is 4.39 Å². The maximum atomic E-state index is 14.0. The van der Waals surface area contributed by atoms with Crippen LogP contribution < -0.4 is 5.32 Å². The fourth-order valence-corrected chi connectivity index (χ4v) is 2.24. The maximum Gasteiger partial charge on any atom is 0.126 e. The molecule has 0 aliphatic carbocycles. The van der Waals surface area contributed by atoms with Crippen LogP contribution in [0, 0.1) is 5.82 Å². The van der Waals surface area contributed by atoms with Gasteiger partial charge in [0.2, 0.25) is 0 Å². The molecule has 1 unspecified atom stereocenters. The number of hydrogen-bond acceptors (Lipinski definition) is 2. The van der Waals surface area contributed by atoms with Crippen LogP contribution in [0.5, 0.6) is 0 Å². The van der Waals surface area contributed by atoms with Gasteiger partial charge in [-0.2, -0.15) is 0 Å². The van der Waals surface area contributed by atoms with Crippen molar-refractivity contribution in [1.82, 2.24) is 5.32 Å². The first-order valence-corrected chi connectivity index (χ1v) is 7.42. The zero-order valence-electron chi connectivity index (χ0n) is 13.2. The van der Waals surface area contributed by atoms with E-state index < -0.39 is 0 Å². The smallest absolute Gasteiger partial charge is 0.126 e. The first-order chi connectivity index (χ1) is 9.44. The Balaban J connectivity index is 2.66. The molecule has 3 heteroatoms. The summed E-state index contributed by atoms with van der Waals surface area (Å²) in [5, 5.41) is 3.49. The lowest BCUT2D eigenvalue weighted by molar-refractivity contribution is 0.191. The Kier molecular flexibility index (Phi) is 7.17. The maximum absolute atomic E-state index is 14.0. The Morgan fingerprint density at radius 2 is 1.90 bits per heavy atom. The third-order valence-corrected chi connectivity index (χ3v) is 3.37. The Labute approximate surface area is 122 Å².